The molecule has 10 heteroatoms. The zero-order valence-electron chi connectivity index (χ0n) is 53.1. The van der Waals surface area contributed by atoms with Crippen LogP contribution in [0.3, 0.4) is 0 Å². The molecule has 18 rings (SSSR count). The lowest BCUT2D eigenvalue weighted by Crippen LogP contribution is -2.61. The topological polar surface area (TPSA) is 89.3 Å². The van der Waals surface area contributed by atoms with E-state index in [0.29, 0.717) is 17.2 Å². The van der Waals surface area contributed by atoms with Gasteiger partial charge < -0.3 is 19.1 Å². The van der Waals surface area contributed by atoms with Gasteiger partial charge in [-0.25, -0.2) is 24.7 Å². The maximum Gasteiger partial charge on any atom is 0.338 e. The zero-order valence-corrected chi connectivity index (χ0v) is 53.1. The molecule has 13 aromatic carbocycles. The predicted molar refractivity (Wildman–Crippen MR) is 400 cm³/mol. The number of hydrogen-bond acceptors (Lipinski definition) is 8. The smallest absolute Gasteiger partial charge is 0.338 e. The second-order valence-corrected chi connectivity index (χ2v) is 24.8. The first-order valence-electron chi connectivity index (χ1n) is 33.0. The quantitative estimate of drug-likeness (QED) is 0.0833. The number of fused-ring (bicyclic) bond motifs is 7. The van der Waals surface area contributed by atoms with Crippen molar-refractivity contribution in [1.29, 1.82) is 0 Å². The van der Waals surface area contributed by atoms with E-state index in [0.717, 1.165) is 134 Å². The number of esters is 1. The summed E-state index contributed by atoms with van der Waals surface area (Å²) in [4.78, 5) is 40.9. The van der Waals surface area contributed by atoms with Crippen molar-refractivity contribution in [3.8, 4) is 84.6 Å². The fraction of sp³-hybridized carbons (Fsp3) is 0.0114. The van der Waals surface area contributed by atoms with Crippen LogP contribution in [0.4, 0.5) is 34.1 Å². The number of carbonyl (C=O) groups is 1. The fourth-order valence-electron chi connectivity index (χ4n) is 14.5. The molecule has 2 aliphatic rings. The first-order valence-corrected chi connectivity index (χ1v) is 33.0. The number of benzene rings is 13. The minimum atomic E-state index is -0.399. The second-order valence-electron chi connectivity index (χ2n) is 24.8. The molecule has 0 spiro atoms. The van der Waals surface area contributed by atoms with Crippen LogP contribution >= 0.6 is 0 Å². The van der Waals surface area contributed by atoms with Crippen molar-refractivity contribution < 1.29 is 9.53 Å². The van der Waals surface area contributed by atoms with E-state index < -0.39 is 5.97 Å². The number of nitrogens with zero attached hydrogens (tertiary/aromatic N) is 7. The van der Waals surface area contributed by atoms with Crippen molar-refractivity contribution in [1.82, 2.24) is 24.5 Å². The molecule has 5 heterocycles. The summed E-state index contributed by atoms with van der Waals surface area (Å²) in [6, 6.07) is 118. The molecule has 0 radical (unpaired) electrons. The van der Waals surface area contributed by atoms with Gasteiger partial charge >= 0.3 is 5.97 Å². The number of hydrogen-bond donors (Lipinski definition) is 0. The largest absolute Gasteiger partial charge is 0.457 e. The van der Waals surface area contributed by atoms with Gasteiger partial charge in [-0.3, -0.25) is 0 Å². The predicted octanol–water partition coefficient (Wildman–Crippen LogP) is 19.5. The molecule has 0 saturated carbocycles. The highest BCUT2D eigenvalue weighted by Crippen LogP contribution is 2.49. The molecule has 460 valence electrons. The van der Waals surface area contributed by atoms with Gasteiger partial charge in [-0.2, -0.15) is 0 Å². The number of anilines is 6. The Morgan fingerprint density at radius 3 is 1.48 bits per heavy atom. The van der Waals surface area contributed by atoms with Crippen LogP contribution in [0, 0.1) is 0 Å². The number of ether oxygens (including phenoxy) is 1. The normalized spacial score (nSPS) is 12.1. The maximum absolute atomic E-state index is 14.0. The maximum atomic E-state index is 14.0. The van der Waals surface area contributed by atoms with Crippen LogP contribution < -0.4 is 26.2 Å². The standard InChI is InChI=1S/C88H58BN7O2/c97-88(98-57-58-26-7-1-8-27-58)65-47-50-79-70(54-65)69-40-19-22-43-78(69)96(79)80-49-46-64(77-55-74(59-28-9-2-10-29-59)90-86(91-77)61-32-13-4-14-33-61)53-71(80)87-92-75(60-30-11-3-12-31-60)56-76(93-87)63-35-25-34-62(52-63)68-48-51-83-84-85(68)95(67-38-17-6-18-39-67)82-45-24-21-42-73(82)89(84)72-41-20-23-44-81(72)94(83)66-36-15-5-16-37-66/h1-56H,57H2. The van der Waals surface area contributed by atoms with Gasteiger partial charge in [-0.15, -0.1) is 0 Å². The van der Waals surface area contributed by atoms with E-state index >= 15 is 0 Å². The third-order valence-electron chi connectivity index (χ3n) is 18.9. The Bertz CT molecular complexity index is 5670. The molecular formula is C88H58BN7O2. The number of para-hydroxylation sites is 5. The van der Waals surface area contributed by atoms with Crippen LogP contribution in [0.5, 0.6) is 0 Å². The van der Waals surface area contributed by atoms with Crippen molar-refractivity contribution in [3.05, 3.63) is 351 Å². The van der Waals surface area contributed by atoms with Crippen LogP contribution in [0.25, 0.3) is 106 Å². The van der Waals surface area contributed by atoms with Crippen LogP contribution in [-0.4, -0.2) is 37.2 Å². The van der Waals surface area contributed by atoms with Crippen molar-refractivity contribution in [2.24, 2.45) is 0 Å². The number of rotatable bonds is 13. The first kappa shape index (κ1) is 57.6. The van der Waals surface area contributed by atoms with E-state index in [1.54, 1.807) is 0 Å². The molecule has 98 heavy (non-hydrogen) atoms. The monoisotopic (exact) mass is 1260 g/mol. The Morgan fingerprint density at radius 2 is 0.827 bits per heavy atom. The van der Waals surface area contributed by atoms with E-state index in [4.69, 9.17) is 24.7 Å². The summed E-state index contributed by atoms with van der Waals surface area (Å²) in [6.07, 6.45) is 0. The molecule has 9 nitrogen and oxygen atoms in total. The van der Waals surface area contributed by atoms with Crippen molar-refractivity contribution in [2.45, 2.75) is 6.61 Å². The Hall–Kier alpha value is -13.0. The third-order valence-corrected chi connectivity index (χ3v) is 18.9. The first-order chi connectivity index (χ1) is 48.5. The van der Waals surface area contributed by atoms with Gasteiger partial charge in [0, 0.05) is 78.2 Å². The SMILES string of the molecule is O=C(OCc1ccccc1)c1ccc2c(c1)c1ccccc1n2-c1ccc(-c2cc(-c3ccccc3)nc(-c3ccccc3)n2)cc1-c1nc(-c2ccccc2)cc(-c2cccc(-c3ccc4c5c3N(c3ccccc3)c3ccccc3B5c3ccccc3N4c3ccccc3)c2)n1. The molecule has 0 amide bonds. The van der Waals surface area contributed by atoms with E-state index in [-0.39, 0.29) is 13.3 Å². The average Bonchev–Trinajstić information content (AvgIpc) is 0.848. The Labute approximate surface area is 567 Å². The number of aromatic nitrogens is 5. The van der Waals surface area contributed by atoms with E-state index in [9.17, 15) is 4.79 Å². The molecule has 0 saturated heterocycles. The van der Waals surface area contributed by atoms with Gasteiger partial charge in [0.2, 0.25) is 0 Å². The summed E-state index contributed by atoms with van der Waals surface area (Å²) in [5, 5.41) is 1.87. The van der Waals surface area contributed by atoms with Crippen LogP contribution in [0.1, 0.15) is 15.9 Å². The van der Waals surface area contributed by atoms with Crippen molar-refractivity contribution >= 4 is 85.0 Å². The van der Waals surface area contributed by atoms with Gasteiger partial charge in [-0.1, -0.05) is 243 Å². The minimum absolute atomic E-state index is 0.0616. The Morgan fingerprint density at radius 1 is 0.337 bits per heavy atom. The van der Waals surface area contributed by atoms with Crippen LogP contribution in [-0.2, 0) is 11.3 Å². The van der Waals surface area contributed by atoms with Gasteiger partial charge in [0.05, 0.1) is 50.7 Å². The van der Waals surface area contributed by atoms with E-state index in [1.165, 1.54) is 16.4 Å². The highest BCUT2D eigenvalue weighted by Gasteiger charge is 2.44. The lowest BCUT2D eigenvalue weighted by Gasteiger charge is -2.45. The molecule has 0 atom stereocenters. The van der Waals surface area contributed by atoms with E-state index in [1.807, 2.05) is 109 Å². The van der Waals surface area contributed by atoms with Crippen LogP contribution in [0.2, 0.25) is 0 Å². The number of carbonyl (C=O) groups excluding carboxylic acids is 1. The Balaban J connectivity index is 0.853. The van der Waals surface area contributed by atoms with Gasteiger partial charge in [0.25, 0.3) is 6.71 Å². The second kappa shape index (κ2) is 24.4. The summed E-state index contributed by atoms with van der Waals surface area (Å²) in [6.45, 7) is 0.102. The summed E-state index contributed by atoms with van der Waals surface area (Å²) in [5.41, 5.74) is 25.0. The Kier molecular flexibility index (Phi) is 14.3. The molecule has 16 aromatic rings. The zero-order chi connectivity index (χ0) is 65.0. The van der Waals surface area contributed by atoms with Crippen molar-refractivity contribution in [3.63, 3.8) is 0 Å². The van der Waals surface area contributed by atoms with Crippen LogP contribution in [0.15, 0.2) is 340 Å². The summed E-state index contributed by atoms with van der Waals surface area (Å²) >= 11 is 0. The molecule has 2 aliphatic heterocycles. The lowest BCUT2D eigenvalue weighted by molar-refractivity contribution is 0.0473. The lowest BCUT2D eigenvalue weighted by atomic mass is 9.33. The molecule has 0 aliphatic carbocycles. The minimum Gasteiger partial charge on any atom is -0.457 e. The fourth-order valence-corrected chi connectivity index (χ4v) is 14.5. The summed E-state index contributed by atoms with van der Waals surface area (Å²) in [5.74, 6) is 0.717. The molecule has 0 fully saturated rings. The highest BCUT2D eigenvalue weighted by atomic mass is 16.5. The molecular weight excluding hydrogens is 1200 g/mol. The summed E-state index contributed by atoms with van der Waals surface area (Å²) < 4.78 is 8.20. The van der Waals surface area contributed by atoms with Crippen molar-refractivity contribution in [2.75, 3.05) is 9.80 Å². The van der Waals surface area contributed by atoms with Gasteiger partial charge in [0.1, 0.15) is 6.61 Å². The molecule has 0 bridgehead atoms. The third kappa shape index (κ3) is 10.2. The molecule has 0 N–H and O–H groups in total. The van der Waals surface area contributed by atoms with E-state index in [2.05, 4.69) is 245 Å². The molecule has 3 aromatic heterocycles. The van der Waals surface area contributed by atoms with Gasteiger partial charge in [-0.05, 0) is 125 Å². The highest BCUT2D eigenvalue weighted by molar-refractivity contribution is 7.00. The summed E-state index contributed by atoms with van der Waals surface area (Å²) in [7, 11) is 0. The average molecular weight is 1260 g/mol. The molecule has 0 unspecified atom stereocenters. The van der Waals surface area contributed by atoms with Gasteiger partial charge in [0.15, 0.2) is 11.6 Å².